The molecule has 0 bridgehead atoms. The van der Waals surface area contributed by atoms with E-state index in [-0.39, 0.29) is 52.7 Å². The Morgan fingerprint density at radius 2 is 1.38 bits per heavy atom. The molecule has 17 nitrogen and oxygen atoms in total. The van der Waals surface area contributed by atoms with Crippen molar-refractivity contribution in [1.82, 2.24) is 0 Å². The average Bonchev–Trinajstić information content (AvgIpc) is 3.54. The molecule has 364 valence electrons. The summed E-state index contributed by atoms with van der Waals surface area (Å²) in [5, 5.41) is 65.2. The Morgan fingerprint density at radius 3 is 1.98 bits per heavy atom. The molecule has 0 amide bonds. The normalized spacial score (nSPS) is 51.8. The summed E-state index contributed by atoms with van der Waals surface area (Å²) in [5.74, 6) is -2.11. The standard InChI is InChI=1S/C47H74O17/c1-22(49)58-27-18-44(9)29-17-26(61-39-34(55)33(54)32(53)28(19-48)62-39)37-41(4,5)30(63-40-36(60-24(3)51)35(59-23(2)50)25(52)20-57-40)12-14-47(37)21-46(29,47)16-15-43(44,8)38(27)45(10)13-11-31(64-45)42(6,7)56/h25-40,48,52-56H,11-21H2,1-10H3/t25-,26-,27-,28+,29-,30-,31-,32+,33-,34+,35+,36-,37-,38-,39+,40+,43+,44-,45-,46-,47+/m0/s1. The molecule has 6 N–H and O–H groups in total. The molecule has 3 saturated heterocycles. The van der Waals surface area contributed by atoms with Crippen LogP contribution in [0.5, 0.6) is 0 Å². The summed E-state index contributed by atoms with van der Waals surface area (Å²) in [6.07, 6.45) is -8.04. The van der Waals surface area contributed by atoms with Gasteiger partial charge in [-0.3, -0.25) is 14.4 Å². The number of hydrogen-bond donors (Lipinski definition) is 6. The molecule has 17 heteroatoms. The molecule has 0 aromatic carbocycles. The van der Waals surface area contributed by atoms with Crippen LogP contribution in [0, 0.1) is 44.8 Å². The Labute approximate surface area is 376 Å². The molecule has 3 heterocycles. The first-order valence-corrected chi connectivity index (χ1v) is 23.5. The second-order valence-corrected chi connectivity index (χ2v) is 22.8. The van der Waals surface area contributed by atoms with Crippen molar-refractivity contribution in [3.8, 4) is 0 Å². The second kappa shape index (κ2) is 16.3. The zero-order valence-electron chi connectivity index (χ0n) is 39.2. The first-order valence-electron chi connectivity index (χ1n) is 23.5. The van der Waals surface area contributed by atoms with Crippen LogP contribution in [0.4, 0.5) is 0 Å². The van der Waals surface area contributed by atoms with Gasteiger partial charge in [0.05, 0.1) is 42.7 Å². The third kappa shape index (κ3) is 7.39. The number of hydrogen-bond acceptors (Lipinski definition) is 17. The van der Waals surface area contributed by atoms with E-state index in [2.05, 4.69) is 34.6 Å². The number of aliphatic hydroxyl groups is 6. The van der Waals surface area contributed by atoms with Crippen LogP contribution >= 0.6 is 0 Å². The summed E-state index contributed by atoms with van der Waals surface area (Å²) in [7, 11) is 0. The fourth-order valence-corrected chi connectivity index (χ4v) is 15.8. The van der Waals surface area contributed by atoms with Gasteiger partial charge in [0.1, 0.15) is 36.6 Å². The van der Waals surface area contributed by atoms with E-state index < -0.39 is 114 Å². The third-order valence-corrected chi connectivity index (χ3v) is 18.5. The fourth-order valence-electron chi connectivity index (χ4n) is 15.8. The Bertz CT molecular complexity index is 1800. The van der Waals surface area contributed by atoms with E-state index >= 15 is 0 Å². The molecule has 64 heavy (non-hydrogen) atoms. The number of rotatable bonds is 10. The lowest BCUT2D eigenvalue weighted by Crippen LogP contribution is -2.65. The summed E-state index contributed by atoms with van der Waals surface area (Å²) >= 11 is 0. The highest BCUT2D eigenvalue weighted by Gasteiger charge is 2.85. The number of esters is 3. The first-order chi connectivity index (χ1) is 29.7. The lowest BCUT2D eigenvalue weighted by molar-refractivity contribution is -0.339. The topological polar surface area (TPSA) is 246 Å². The summed E-state index contributed by atoms with van der Waals surface area (Å²) in [4.78, 5) is 37.5. The quantitative estimate of drug-likeness (QED) is 0.105. The van der Waals surface area contributed by atoms with Crippen LogP contribution in [0.25, 0.3) is 0 Å². The van der Waals surface area contributed by atoms with Crippen molar-refractivity contribution in [3.05, 3.63) is 0 Å². The lowest BCUT2D eigenvalue weighted by Gasteiger charge is -2.65. The van der Waals surface area contributed by atoms with Crippen LogP contribution in [0.1, 0.15) is 127 Å². The maximum Gasteiger partial charge on any atom is 0.303 e. The van der Waals surface area contributed by atoms with Crippen molar-refractivity contribution in [2.45, 2.75) is 218 Å². The molecule has 0 unspecified atom stereocenters. The highest BCUT2D eigenvalue weighted by Crippen LogP contribution is 2.89. The number of fused-ring (bicyclic) bond motifs is 2. The van der Waals surface area contributed by atoms with E-state index in [4.69, 9.17) is 37.9 Å². The summed E-state index contributed by atoms with van der Waals surface area (Å²) in [5.41, 5.74) is -3.72. The first kappa shape index (κ1) is 48.4. The highest BCUT2D eigenvalue weighted by atomic mass is 16.7. The molecule has 0 aromatic heterocycles. The van der Waals surface area contributed by atoms with Gasteiger partial charge < -0.3 is 68.5 Å². The summed E-state index contributed by atoms with van der Waals surface area (Å²) < 4.78 is 50.2. The van der Waals surface area contributed by atoms with Gasteiger partial charge in [-0.15, -0.1) is 0 Å². The van der Waals surface area contributed by atoms with Gasteiger partial charge in [-0.25, -0.2) is 0 Å². The molecule has 5 aliphatic carbocycles. The predicted molar refractivity (Wildman–Crippen MR) is 222 cm³/mol. The predicted octanol–water partition coefficient (Wildman–Crippen LogP) is 2.44. The molecule has 3 aliphatic heterocycles. The van der Waals surface area contributed by atoms with Gasteiger partial charge >= 0.3 is 17.9 Å². The minimum absolute atomic E-state index is 0.0253. The van der Waals surface area contributed by atoms with Gasteiger partial charge in [0, 0.05) is 26.7 Å². The summed E-state index contributed by atoms with van der Waals surface area (Å²) in [6, 6.07) is 0. The van der Waals surface area contributed by atoms with Gasteiger partial charge in [0.25, 0.3) is 0 Å². The smallest absolute Gasteiger partial charge is 0.303 e. The molecule has 0 radical (unpaired) electrons. The Morgan fingerprint density at radius 1 is 0.719 bits per heavy atom. The van der Waals surface area contributed by atoms with Crippen molar-refractivity contribution in [3.63, 3.8) is 0 Å². The monoisotopic (exact) mass is 910 g/mol. The second-order valence-electron chi connectivity index (χ2n) is 22.8. The number of carbonyl (C=O) groups excluding carboxylic acids is 3. The molecular formula is C47H74O17. The van der Waals surface area contributed by atoms with Gasteiger partial charge in [-0.05, 0) is 117 Å². The molecule has 5 saturated carbocycles. The molecule has 8 aliphatic rings. The lowest BCUT2D eigenvalue weighted by atomic mass is 9.41. The van der Waals surface area contributed by atoms with E-state index in [0.29, 0.717) is 32.1 Å². The van der Waals surface area contributed by atoms with Gasteiger partial charge in [-0.2, -0.15) is 0 Å². The SMILES string of the molecule is CC(=O)O[C@@H]1[C@@H](O[C@H]2CC[C@]34C[C@]35CC[C@]3(C)[C@@H]([C@]6(C)CC[C@@H](C(C)(C)O)O6)[C@@H](OC(C)=O)C[C@@]3(C)[C@@H]5C[C@H](O[C@@H]3O[C@H](CO)[C@@H](O)[C@H](O)[C@H]3O)[C@H]4C2(C)C)OC[C@H](O)[C@H]1OC(C)=O. The zero-order valence-corrected chi connectivity index (χ0v) is 39.2. The molecule has 21 atom stereocenters. The van der Waals surface area contributed by atoms with Crippen LogP contribution in [-0.4, -0.2) is 153 Å². The van der Waals surface area contributed by atoms with Crippen LogP contribution in [0.3, 0.4) is 0 Å². The maximum absolute atomic E-state index is 13.0. The largest absolute Gasteiger partial charge is 0.462 e. The molecule has 2 spiro atoms. The van der Waals surface area contributed by atoms with Crippen molar-refractivity contribution in [2.75, 3.05) is 13.2 Å². The fraction of sp³-hybridized carbons (Fsp3) is 0.936. The molecule has 8 rings (SSSR count). The average molecular weight is 911 g/mol. The van der Waals surface area contributed by atoms with E-state index in [0.717, 1.165) is 25.7 Å². The van der Waals surface area contributed by atoms with Crippen LogP contribution in [0.15, 0.2) is 0 Å². The van der Waals surface area contributed by atoms with Gasteiger partial charge in [0.15, 0.2) is 24.8 Å². The van der Waals surface area contributed by atoms with E-state index in [1.54, 1.807) is 13.8 Å². The minimum Gasteiger partial charge on any atom is -0.462 e. The van der Waals surface area contributed by atoms with Crippen molar-refractivity contribution in [1.29, 1.82) is 0 Å². The van der Waals surface area contributed by atoms with Gasteiger partial charge in [-0.1, -0.05) is 27.7 Å². The Balaban J connectivity index is 1.17. The van der Waals surface area contributed by atoms with Crippen molar-refractivity contribution < 1.29 is 82.9 Å². The Kier molecular flexibility index (Phi) is 12.3. The van der Waals surface area contributed by atoms with Crippen LogP contribution < -0.4 is 0 Å². The molecule has 0 aromatic rings. The molecular weight excluding hydrogens is 837 g/mol. The maximum atomic E-state index is 13.0. The van der Waals surface area contributed by atoms with Crippen molar-refractivity contribution >= 4 is 17.9 Å². The van der Waals surface area contributed by atoms with Gasteiger partial charge in [0.2, 0.25) is 0 Å². The minimum atomic E-state index is -1.65. The number of ether oxygens (including phenoxy) is 8. The van der Waals surface area contributed by atoms with Crippen LogP contribution in [0.2, 0.25) is 0 Å². The summed E-state index contributed by atoms with van der Waals surface area (Å²) in [6.45, 7) is 17.5. The van der Waals surface area contributed by atoms with E-state index in [9.17, 15) is 45.0 Å². The van der Waals surface area contributed by atoms with E-state index in [1.807, 2.05) is 0 Å². The Hall–Kier alpha value is -2.03. The third-order valence-electron chi connectivity index (χ3n) is 18.5. The number of carbonyl (C=O) groups is 3. The highest BCUT2D eigenvalue weighted by molar-refractivity contribution is 5.67. The van der Waals surface area contributed by atoms with E-state index in [1.165, 1.54) is 20.8 Å². The van der Waals surface area contributed by atoms with Crippen LogP contribution in [-0.2, 0) is 52.3 Å². The van der Waals surface area contributed by atoms with Crippen molar-refractivity contribution in [2.24, 2.45) is 44.8 Å². The number of aliphatic hydroxyl groups excluding tert-OH is 5. The molecule has 8 fully saturated rings. The zero-order chi connectivity index (χ0) is 46.9.